The lowest BCUT2D eigenvalue weighted by molar-refractivity contribution is 0.0698. The summed E-state index contributed by atoms with van der Waals surface area (Å²) in [6.45, 7) is 0. The molecule has 0 aliphatic heterocycles. The summed E-state index contributed by atoms with van der Waals surface area (Å²) in [4.78, 5) is 10.9. The Morgan fingerprint density at radius 2 is 2.21 bits per heavy atom. The van der Waals surface area contributed by atoms with Crippen molar-refractivity contribution in [2.75, 3.05) is 5.32 Å². The van der Waals surface area contributed by atoms with Crippen LogP contribution < -0.4 is 5.32 Å². The molecule has 0 amide bonds. The molecule has 0 aromatic heterocycles. The van der Waals surface area contributed by atoms with Gasteiger partial charge in [-0.05, 0) is 25.0 Å². The van der Waals surface area contributed by atoms with Crippen LogP contribution in [0.1, 0.15) is 23.2 Å². The highest BCUT2D eigenvalue weighted by molar-refractivity contribution is 6.34. The average Bonchev–Trinajstić information content (AvgIpc) is 2.91. The first-order valence-corrected chi connectivity index (χ1v) is 4.84. The van der Waals surface area contributed by atoms with Crippen molar-refractivity contribution in [1.82, 2.24) is 0 Å². The monoisotopic (exact) mass is 211 g/mol. The van der Waals surface area contributed by atoms with Crippen LogP contribution in [0.5, 0.6) is 0 Å². The lowest BCUT2D eigenvalue weighted by atomic mass is 10.2. The van der Waals surface area contributed by atoms with Crippen LogP contribution in [0.4, 0.5) is 5.69 Å². The molecule has 0 saturated heterocycles. The number of rotatable bonds is 3. The van der Waals surface area contributed by atoms with Crippen LogP contribution >= 0.6 is 11.6 Å². The number of nitrogens with one attached hydrogen (secondary N) is 1. The molecule has 0 bridgehead atoms. The third-order valence-electron chi connectivity index (χ3n) is 2.17. The first-order valence-electron chi connectivity index (χ1n) is 4.47. The van der Waals surface area contributed by atoms with E-state index in [4.69, 9.17) is 16.7 Å². The van der Waals surface area contributed by atoms with E-state index in [2.05, 4.69) is 5.32 Å². The minimum absolute atomic E-state index is 0.240. The topological polar surface area (TPSA) is 49.3 Å². The van der Waals surface area contributed by atoms with E-state index in [1.165, 1.54) is 0 Å². The van der Waals surface area contributed by atoms with Gasteiger partial charge >= 0.3 is 5.97 Å². The van der Waals surface area contributed by atoms with Crippen molar-refractivity contribution in [3.05, 3.63) is 28.8 Å². The lowest BCUT2D eigenvalue weighted by Gasteiger charge is -2.09. The number of carbonyl (C=O) groups is 1. The van der Waals surface area contributed by atoms with E-state index < -0.39 is 5.97 Å². The number of anilines is 1. The highest BCUT2D eigenvalue weighted by Crippen LogP contribution is 2.31. The molecule has 0 heterocycles. The number of benzene rings is 1. The van der Waals surface area contributed by atoms with Crippen molar-refractivity contribution in [3.63, 3.8) is 0 Å². The van der Waals surface area contributed by atoms with Gasteiger partial charge in [0, 0.05) is 6.04 Å². The Morgan fingerprint density at radius 1 is 1.50 bits per heavy atom. The maximum Gasteiger partial charge on any atom is 0.337 e. The van der Waals surface area contributed by atoms with Crippen molar-refractivity contribution in [1.29, 1.82) is 0 Å². The van der Waals surface area contributed by atoms with E-state index in [1.54, 1.807) is 18.2 Å². The van der Waals surface area contributed by atoms with Gasteiger partial charge in [0.2, 0.25) is 0 Å². The van der Waals surface area contributed by atoms with Crippen LogP contribution in [0.2, 0.25) is 5.02 Å². The van der Waals surface area contributed by atoms with Crippen LogP contribution in [-0.2, 0) is 0 Å². The summed E-state index contributed by atoms with van der Waals surface area (Å²) in [6.07, 6.45) is 2.18. The molecule has 0 radical (unpaired) electrons. The van der Waals surface area contributed by atoms with Gasteiger partial charge in [0.15, 0.2) is 0 Å². The molecule has 0 atom stereocenters. The molecule has 2 rings (SSSR count). The molecule has 4 heteroatoms. The van der Waals surface area contributed by atoms with Gasteiger partial charge in [-0.3, -0.25) is 0 Å². The van der Waals surface area contributed by atoms with E-state index in [0.717, 1.165) is 12.8 Å². The molecule has 1 saturated carbocycles. The van der Waals surface area contributed by atoms with Gasteiger partial charge in [-0.1, -0.05) is 17.7 Å². The molecule has 1 aromatic carbocycles. The first-order chi connectivity index (χ1) is 6.68. The Labute approximate surface area is 86.7 Å². The van der Waals surface area contributed by atoms with E-state index in [-0.39, 0.29) is 5.56 Å². The summed E-state index contributed by atoms with van der Waals surface area (Å²) in [6, 6.07) is 5.29. The van der Waals surface area contributed by atoms with Crippen LogP contribution in [0.25, 0.3) is 0 Å². The molecule has 2 N–H and O–H groups in total. The van der Waals surface area contributed by atoms with Crippen LogP contribution in [-0.4, -0.2) is 17.1 Å². The molecule has 74 valence electrons. The predicted octanol–water partition coefficient (Wildman–Crippen LogP) is 2.61. The molecule has 14 heavy (non-hydrogen) atoms. The standard InChI is InChI=1S/C10H10ClNO2/c11-8-3-1-2-7(10(13)14)9(8)12-6-4-5-6/h1-3,6,12H,4-5H2,(H,13,14). The number of hydrogen-bond acceptors (Lipinski definition) is 2. The largest absolute Gasteiger partial charge is 0.478 e. The van der Waals surface area contributed by atoms with Crippen LogP contribution in [0, 0.1) is 0 Å². The Hall–Kier alpha value is -1.22. The van der Waals surface area contributed by atoms with Crippen molar-refractivity contribution < 1.29 is 9.90 Å². The molecule has 1 aliphatic carbocycles. The summed E-state index contributed by atoms with van der Waals surface area (Å²) < 4.78 is 0. The summed E-state index contributed by atoms with van der Waals surface area (Å²) in [5.74, 6) is -0.948. The second-order valence-electron chi connectivity index (χ2n) is 3.39. The van der Waals surface area contributed by atoms with Crippen LogP contribution in [0.15, 0.2) is 18.2 Å². The number of carboxylic acids is 1. The van der Waals surface area contributed by atoms with Gasteiger partial charge in [0.25, 0.3) is 0 Å². The fourth-order valence-electron chi connectivity index (χ4n) is 1.28. The fraction of sp³-hybridized carbons (Fsp3) is 0.300. The second kappa shape index (κ2) is 3.50. The summed E-state index contributed by atoms with van der Waals surface area (Å²) >= 11 is 5.92. The Morgan fingerprint density at radius 3 is 2.79 bits per heavy atom. The molecule has 0 spiro atoms. The highest BCUT2D eigenvalue weighted by atomic mass is 35.5. The van der Waals surface area contributed by atoms with E-state index in [9.17, 15) is 4.79 Å². The maximum absolute atomic E-state index is 10.9. The van der Waals surface area contributed by atoms with E-state index >= 15 is 0 Å². The minimum atomic E-state index is -0.948. The number of halogens is 1. The molecule has 1 fully saturated rings. The Balaban J connectivity index is 2.36. The minimum Gasteiger partial charge on any atom is -0.478 e. The van der Waals surface area contributed by atoms with Crippen molar-refractivity contribution in [3.8, 4) is 0 Å². The normalized spacial score (nSPS) is 15.2. The Bertz CT molecular complexity index is 374. The fourth-order valence-corrected chi connectivity index (χ4v) is 1.51. The van der Waals surface area contributed by atoms with Crippen LogP contribution in [0.3, 0.4) is 0 Å². The maximum atomic E-state index is 10.9. The van der Waals surface area contributed by atoms with E-state index in [1.807, 2.05) is 0 Å². The molecule has 1 aliphatic rings. The lowest BCUT2D eigenvalue weighted by Crippen LogP contribution is -2.08. The van der Waals surface area contributed by atoms with Crippen molar-refractivity contribution >= 4 is 23.3 Å². The van der Waals surface area contributed by atoms with Gasteiger partial charge in [0.05, 0.1) is 16.3 Å². The SMILES string of the molecule is O=C(O)c1cccc(Cl)c1NC1CC1. The van der Waals surface area contributed by atoms with Gasteiger partial charge in [-0.15, -0.1) is 0 Å². The molecule has 3 nitrogen and oxygen atoms in total. The summed E-state index contributed by atoms with van der Waals surface area (Å²) in [7, 11) is 0. The quantitative estimate of drug-likeness (QED) is 0.808. The summed E-state index contributed by atoms with van der Waals surface area (Å²) in [5.41, 5.74) is 0.786. The second-order valence-corrected chi connectivity index (χ2v) is 3.79. The van der Waals surface area contributed by atoms with Gasteiger partial charge in [-0.2, -0.15) is 0 Å². The van der Waals surface area contributed by atoms with Gasteiger partial charge < -0.3 is 10.4 Å². The third kappa shape index (κ3) is 1.82. The number of aromatic carboxylic acids is 1. The molecule has 1 aromatic rings. The number of para-hydroxylation sites is 1. The third-order valence-corrected chi connectivity index (χ3v) is 2.48. The zero-order valence-corrected chi connectivity index (χ0v) is 8.21. The predicted molar refractivity (Wildman–Crippen MR) is 55.1 cm³/mol. The number of hydrogen-bond donors (Lipinski definition) is 2. The van der Waals surface area contributed by atoms with Crippen molar-refractivity contribution in [2.24, 2.45) is 0 Å². The van der Waals surface area contributed by atoms with Crippen molar-refractivity contribution in [2.45, 2.75) is 18.9 Å². The zero-order chi connectivity index (χ0) is 10.1. The first kappa shape index (κ1) is 9.34. The molecular formula is C10H10ClNO2. The zero-order valence-electron chi connectivity index (χ0n) is 7.46. The molecular weight excluding hydrogens is 202 g/mol. The van der Waals surface area contributed by atoms with Gasteiger partial charge in [-0.25, -0.2) is 4.79 Å². The summed E-state index contributed by atoms with van der Waals surface area (Å²) in [5, 5.41) is 12.5. The highest BCUT2D eigenvalue weighted by Gasteiger charge is 2.24. The molecule has 0 unspecified atom stereocenters. The Kier molecular flexibility index (Phi) is 2.33. The smallest absolute Gasteiger partial charge is 0.337 e. The average molecular weight is 212 g/mol. The van der Waals surface area contributed by atoms with E-state index in [0.29, 0.717) is 16.8 Å². The van der Waals surface area contributed by atoms with Gasteiger partial charge in [0.1, 0.15) is 0 Å². The number of carboxylic acid groups (broad SMARTS) is 1.